The fraction of sp³-hybridized carbons (Fsp3) is 0.643. The van der Waals surface area contributed by atoms with Gasteiger partial charge in [0.15, 0.2) is 5.17 Å². The highest BCUT2D eigenvalue weighted by atomic mass is 32.2. The van der Waals surface area contributed by atoms with Gasteiger partial charge in [0.1, 0.15) is 5.76 Å². The number of aliphatic imine (C=N–C) groups is 1. The maximum atomic E-state index is 5.34. The van der Waals surface area contributed by atoms with Gasteiger partial charge in [0, 0.05) is 17.7 Å². The standard InChI is InChI=1S/C14H22N2OS/c1-4-14(3)10-18-13(16-14)15-11(2)7-8-12-6-5-9-17-12/h5-6,9,11H,4,7-8,10H2,1-3H3,(H,15,16). The molecule has 0 saturated carbocycles. The van der Waals surface area contributed by atoms with Crippen LogP contribution in [0.4, 0.5) is 0 Å². The molecule has 1 N–H and O–H groups in total. The van der Waals surface area contributed by atoms with Gasteiger partial charge in [0.2, 0.25) is 0 Å². The van der Waals surface area contributed by atoms with Crippen molar-refractivity contribution >= 4 is 16.9 Å². The van der Waals surface area contributed by atoms with Crippen LogP contribution in [0.25, 0.3) is 0 Å². The molecule has 0 aliphatic carbocycles. The summed E-state index contributed by atoms with van der Waals surface area (Å²) in [4.78, 5) is 4.75. The van der Waals surface area contributed by atoms with Gasteiger partial charge in [-0.2, -0.15) is 0 Å². The molecule has 1 fully saturated rings. The summed E-state index contributed by atoms with van der Waals surface area (Å²) in [5.74, 6) is 2.17. The van der Waals surface area contributed by atoms with E-state index >= 15 is 0 Å². The van der Waals surface area contributed by atoms with E-state index in [0.29, 0.717) is 6.04 Å². The van der Waals surface area contributed by atoms with Crippen molar-refractivity contribution in [2.45, 2.75) is 51.6 Å². The summed E-state index contributed by atoms with van der Waals surface area (Å²) in [6.45, 7) is 6.65. The van der Waals surface area contributed by atoms with Crippen LogP contribution in [0.5, 0.6) is 0 Å². The average molecular weight is 266 g/mol. The number of rotatable bonds is 5. The lowest BCUT2D eigenvalue weighted by atomic mass is 10.0. The monoisotopic (exact) mass is 266 g/mol. The minimum absolute atomic E-state index is 0.226. The molecule has 0 bridgehead atoms. The molecule has 1 aromatic heterocycles. The van der Waals surface area contributed by atoms with Crippen LogP contribution in [-0.2, 0) is 6.42 Å². The Balaban J connectivity index is 1.82. The Kier molecular flexibility index (Phi) is 4.38. The van der Waals surface area contributed by atoms with E-state index in [-0.39, 0.29) is 5.54 Å². The molecule has 0 aromatic carbocycles. The highest BCUT2D eigenvalue weighted by Gasteiger charge is 2.30. The molecule has 1 aliphatic heterocycles. The SMILES string of the molecule is CCC1(C)CSC(=NC(C)CCc2ccco2)N1. The molecule has 1 saturated heterocycles. The third-order valence-electron chi connectivity index (χ3n) is 3.44. The minimum Gasteiger partial charge on any atom is -0.469 e. The van der Waals surface area contributed by atoms with E-state index in [0.717, 1.165) is 35.9 Å². The fourth-order valence-corrected chi connectivity index (χ4v) is 3.19. The number of hydrogen-bond donors (Lipinski definition) is 1. The van der Waals surface area contributed by atoms with E-state index in [1.54, 1.807) is 6.26 Å². The Morgan fingerprint density at radius 2 is 2.44 bits per heavy atom. The van der Waals surface area contributed by atoms with Crippen molar-refractivity contribution in [3.63, 3.8) is 0 Å². The minimum atomic E-state index is 0.226. The van der Waals surface area contributed by atoms with Crippen LogP contribution >= 0.6 is 11.8 Å². The molecule has 2 atom stereocenters. The number of nitrogens with zero attached hydrogens (tertiary/aromatic N) is 1. The highest BCUT2D eigenvalue weighted by Crippen LogP contribution is 2.26. The van der Waals surface area contributed by atoms with Crippen LogP contribution in [0.2, 0.25) is 0 Å². The first-order chi connectivity index (χ1) is 8.61. The summed E-state index contributed by atoms with van der Waals surface area (Å²) in [7, 11) is 0. The van der Waals surface area contributed by atoms with Gasteiger partial charge in [-0.05, 0) is 38.8 Å². The molecule has 2 unspecified atom stereocenters. The first kappa shape index (κ1) is 13.5. The van der Waals surface area contributed by atoms with Gasteiger partial charge in [0.25, 0.3) is 0 Å². The number of nitrogens with one attached hydrogen (secondary N) is 1. The van der Waals surface area contributed by atoms with Crippen molar-refractivity contribution < 1.29 is 4.42 Å². The van der Waals surface area contributed by atoms with Crippen LogP contribution in [0.3, 0.4) is 0 Å². The number of furan rings is 1. The van der Waals surface area contributed by atoms with Crippen molar-refractivity contribution in [1.82, 2.24) is 5.32 Å². The quantitative estimate of drug-likeness (QED) is 0.887. The lowest BCUT2D eigenvalue weighted by molar-refractivity contribution is 0.464. The molecule has 1 aromatic rings. The topological polar surface area (TPSA) is 37.5 Å². The molecular weight excluding hydrogens is 244 g/mol. The second-order valence-electron chi connectivity index (χ2n) is 5.23. The smallest absolute Gasteiger partial charge is 0.157 e. The van der Waals surface area contributed by atoms with Crippen LogP contribution in [0.15, 0.2) is 27.8 Å². The van der Waals surface area contributed by atoms with Gasteiger partial charge in [-0.3, -0.25) is 4.99 Å². The van der Waals surface area contributed by atoms with Crippen molar-refractivity contribution in [2.75, 3.05) is 5.75 Å². The number of hydrogen-bond acceptors (Lipinski definition) is 3. The Hall–Kier alpha value is -0.900. The van der Waals surface area contributed by atoms with Gasteiger partial charge in [0.05, 0.1) is 12.3 Å². The largest absolute Gasteiger partial charge is 0.469 e. The fourth-order valence-electron chi connectivity index (χ4n) is 1.89. The van der Waals surface area contributed by atoms with E-state index in [1.165, 1.54) is 0 Å². The molecule has 2 rings (SSSR count). The van der Waals surface area contributed by atoms with Gasteiger partial charge >= 0.3 is 0 Å². The average Bonchev–Trinajstić information content (AvgIpc) is 2.97. The maximum Gasteiger partial charge on any atom is 0.157 e. The van der Waals surface area contributed by atoms with Crippen LogP contribution in [0.1, 0.15) is 39.4 Å². The normalized spacial score (nSPS) is 27.4. The van der Waals surface area contributed by atoms with Crippen LogP contribution in [0, 0.1) is 0 Å². The Morgan fingerprint density at radius 1 is 1.61 bits per heavy atom. The molecule has 1 aliphatic rings. The third-order valence-corrected chi connectivity index (χ3v) is 4.71. The molecule has 3 nitrogen and oxygen atoms in total. The second-order valence-corrected chi connectivity index (χ2v) is 6.19. The summed E-state index contributed by atoms with van der Waals surface area (Å²) in [6, 6.07) is 4.30. The van der Waals surface area contributed by atoms with E-state index in [1.807, 2.05) is 23.9 Å². The molecule has 100 valence electrons. The van der Waals surface area contributed by atoms with E-state index in [2.05, 4.69) is 26.1 Å². The van der Waals surface area contributed by atoms with Crippen LogP contribution < -0.4 is 5.32 Å². The summed E-state index contributed by atoms with van der Waals surface area (Å²) in [5.41, 5.74) is 0.226. The van der Waals surface area contributed by atoms with E-state index < -0.39 is 0 Å². The molecule has 4 heteroatoms. The number of amidine groups is 1. The van der Waals surface area contributed by atoms with Crippen LogP contribution in [-0.4, -0.2) is 22.5 Å². The zero-order valence-corrected chi connectivity index (χ0v) is 12.2. The zero-order chi connectivity index (χ0) is 13.0. The highest BCUT2D eigenvalue weighted by molar-refractivity contribution is 8.14. The Morgan fingerprint density at radius 3 is 3.06 bits per heavy atom. The number of thioether (sulfide) groups is 1. The first-order valence-electron chi connectivity index (χ1n) is 6.62. The molecule has 0 spiro atoms. The first-order valence-corrected chi connectivity index (χ1v) is 7.61. The molecular formula is C14H22N2OS. The molecule has 18 heavy (non-hydrogen) atoms. The lowest BCUT2D eigenvalue weighted by Crippen LogP contribution is -2.39. The van der Waals surface area contributed by atoms with Crippen molar-refractivity contribution in [1.29, 1.82) is 0 Å². The molecule has 0 amide bonds. The van der Waals surface area contributed by atoms with E-state index in [4.69, 9.17) is 9.41 Å². The van der Waals surface area contributed by atoms with Gasteiger partial charge in [-0.1, -0.05) is 18.7 Å². The summed E-state index contributed by atoms with van der Waals surface area (Å²) in [6.07, 6.45) is 4.86. The van der Waals surface area contributed by atoms with Crippen molar-refractivity contribution in [3.05, 3.63) is 24.2 Å². The van der Waals surface area contributed by atoms with E-state index in [9.17, 15) is 0 Å². The Bertz CT molecular complexity index is 402. The molecule has 2 heterocycles. The summed E-state index contributed by atoms with van der Waals surface area (Å²) >= 11 is 1.84. The maximum absolute atomic E-state index is 5.34. The predicted molar refractivity (Wildman–Crippen MR) is 78.2 cm³/mol. The zero-order valence-electron chi connectivity index (χ0n) is 11.4. The third kappa shape index (κ3) is 3.55. The molecule has 0 radical (unpaired) electrons. The lowest BCUT2D eigenvalue weighted by Gasteiger charge is -2.21. The Labute approximate surface area is 113 Å². The second kappa shape index (κ2) is 5.83. The van der Waals surface area contributed by atoms with Crippen molar-refractivity contribution in [2.24, 2.45) is 4.99 Å². The summed E-state index contributed by atoms with van der Waals surface area (Å²) in [5, 5.41) is 4.63. The van der Waals surface area contributed by atoms with Gasteiger partial charge < -0.3 is 9.73 Å². The summed E-state index contributed by atoms with van der Waals surface area (Å²) < 4.78 is 5.34. The van der Waals surface area contributed by atoms with Gasteiger partial charge in [-0.25, -0.2) is 0 Å². The van der Waals surface area contributed by atoms with Gasteiger partial charge in [-0.15, -0.1) is 0 Å². The van der Waals surface area contributed by atoms with Crippen molar-refractivity contribution in [3.8, 4) is 0 Å². The number of aryl methyl sites for hydroxylation is 1. The predicted octanol–water partition coefficient (Wildman–Crippen LogP) is 3.46.